The molecule has 138 valence electrons. The fourth-order valence-corrected chi connectivity index (χ4v) is 2.55. The molecule has 3 N–H and O–H groups in total. The molecule has 7 nitrogen and oxygen atoms in total. The summed E-state index contributed by atoms with van der Waals surface area (Å²) in [5.41, 5.74) is 1.89. The smallest absolute Gasteiger partial charge is 0.404 e. The Bertz CT molecular complexity index is 791. The van der Waals surface area contributed by atoms with Crippen molar-refractivity contribution >= 4 is 12.0 Å². The van der Waals surface area contributed by atoms with Gasteiger partial charge in [0, 0.05) is 12.1 Å². The summed E-state index contributed by atoms with van der Waals surface area (Å²) < 4.78 is 10.5. The van der Waals surface area contributed by atoms with Crippen LogP contribution < -0.4 is 20.1 Å². The van der Waals surface area contributed by atoms with E-state index in [-0.39, 0.29) is 18.5 Å². The third-order valence-electron chi connectivity index (χ3n) is 3.95. The van der Waals surface area contributed by atoms with E-state index in [1.165, 1.54) is 0 Å². The molecule has 0 unspecified atom stereocenters. The Hall–Kier alpha value is -3.22. The lowest BCUT2D eigenvalue weighted by Crippen LogP contribution is -2.29. The molecule has 7 heteroatoms. The number of rotatable bonds is 7. The van der Waals surface area contributed by atoms with Gasteiger partial charge in [0.05, 0.1) is 20.3 Å². The molecule has 2 aromatic rings. The van der Waals surface area contributed by atoms with Gasteiger partial charge in [-0.15, -0.1) is 0 Å². The maximum Gasteiger partial charge on any atom is 0.404 e. The van der Waals surface area contributed by atoms with Crippen LogP contribution in [0.2, 0.25) is 0 Å². The number of hydrogen-bond acceptors (Lipinski definition) is 4. The monoisotopic (exact) mass is 358 g/mol. The van der Waals surface area contributed by atoms with Gasteiger partial charge in [-0.2, -0.15) is 0 Å². The van der Waals surface area contributed by atoms with Gasteiger partial charge >= 0.3 is 6.09 Å². The van der Waals surface area contributed by atoms with E-state index in [0.29, 0.717) is 22.6 Å². The van der Waals surface area contributed by atoms with E-state index in [4.69, 9.17) is 14.6 Å². The fourth-order valence-electron chi connectivity index (χ4n) is 2.55. The summed E-state index contributed by atoms with van der Waals surface area (Å²) in [6, 6.07) is 12.0. The summed E-state index contributed by atoms with van der Waals surface area (Å²) in [6.45, 7) is 1.92. The Labute approximate surface area is 151 Å². The number of methoxy groups -OCH3 is 2. The van der Waals surface area contributed by atoms with Crippen molar-refractivity contribution in [1.82, 2.24) is 10.6 Å². The van der Waals surface area contributed by atoms with Crippen molar-refractivity contribution in [3.63, 3.8) is 0 Å². The zero-order valence-electron chi connectivity index (χ0n) is 14.9. The molecular formula is C19H22N2O5. The predicted molar refractivity (Wildman–Crippen MR) is 96.7 cm³/mol. The maximum absolute atomic E-state index is 12.6. The van der Waals surface area contributed by atoms with Crippen LogP contribution in [0.5, 0.6) is 11.5 Å². The minimum atomic E-state index is -1.14. The number of benzene rings is 2. The summed E-state index contributed by atoms with van der Waals surface area (Å²) in [7, 11) is 3.11. The van der Waals surface area contributed by atoms with Crippen LogP contribution in [0.25, 0.3) is 0 Å². The Morgan fingerprint density at radius 3 is 2.42 bits per heavy atom. The molecule has 26 heavy (non-hydrogen) atoms. The quantitative estimate of drug-likeness (QED) is 0.707. The number of carbonyl (C=O) groups excluding carboxylic acids is 1. The SMILES string of the molecule is COc1ccc([C@@H](C)NC(=O)c2ccccc2CNC(=O)O)cc1OC. The average molecular weight is 358 g/mol. The van der Waals surface area contributed by atoms with Crippen LogP contribution in [0.4, 0.5) is 4.79 Å². The highest BCUT2D eigenvalue weighted by atomic mass is 16.5. The van der Waals surface area contributed by atoms with Crippen molar-refractivity contribution < 1.29 is 24.2 Å². The predicted octanol–water partition coefficient (Wildman–Crippen LogP) is 2.96. The highest BCUT2D eigenvalue weighted by Gasteiger charge is 2.16. The van der Waals surface area contributed by atoms with Gasteiger partial charge in [-0.1, -0.05) is 24.3 Å². The largest absolute Gasteiger partial charge is 0.493 e. The number of amides is 2. The van der Waals surface area contributed by atoms with Crippen LogP contribution in [-0.4, -0.2) is 31.3 Å². The van der Waals surface area contributed by atoms with Crippen LogP contribution in [0, 0.1) is 0 Å². The lowest BCUT2D eigenvalue weighted by Gasteiger charge is -2.17. The van der Waals surface area contributed by atoms with Crippen molar-refractivity contribution in [1.29, 1.82) is 0 Å². The molecular weight excluding hydrogens is 336 g/mol. The Morgan fingerprint density at radius 1 is 1.08 bits per heavy atom. The molecule has 0 spiro atoms. The number of hydrogen-bond donors (Lipinski definition) is 3. The first-order valence-electron chi connectivity index (χ1n) is 8.03. The van der Waals surface area contributed by atoms with Crippen molar-refractivity contribution in [2.24, 2.45) is 0 Å². The van der Waals surface area contributed by atoms with Gasteiger partial charge in [-0.3, -0.25) is 4.79 Å². The second-order valence-electron chi connectivity index (χ2n) is 5.63. The summed E-state index contributed by atoms with van der Waals surface area (Å²) >= 11 is 0. The lowest BCUT2D eigenvalue weighted by atomic mass is 10.0. The molecule has 2 amide bonds. The van der Waals surface area contributed by atoms with Gasteiger partial charge in [0.2, 0.25) is 0 Å². The average Bonchev–Trinajstić information content (AvgIpc) is 2.65. The first kappa shape index (κ1) is 19.1. The van der Waals surface area contributed by atoms with Gasteiger partial charge in [0.15, 0.2) is 11.5 Å². The summed E-state index contributed by atoms with van der Waals surface area (Å²) in [5, 5.41) is 14.0. The Morgan fingerprint density at radius 2 is 1.77 bits per heavy atom. The number of carboxylic acid groups (broad SMARTS) is 1. The molecule has 2 aromatic carbocycles. The normalized spacial score (nSPS) is 11.3. The first-order chi connectivity index (χ1) is 12.5. The second kappa shape index (κ2) is 8.75. The van der Waals surface area contributed by atoms with Gasteiger partial charge < -0.3 is 25.2 Å². The highest BCUT2D eigenvalue weighted by Crippen LogP contribution is 2.30. The van der Waals surface area contributed by atoms with E-state index < -0.39 is 6.09 Å². The van der Waals surface area contributed by atoms with Gasteiger partial charge in [-0.25, -0.2) is 4.79 Å². The Balaban J connectivity index is 2.16. The zero-order chi connectivity index (χ0) is 19.1. The first-order valence-corrected chi connectivity index (χ1v) is 8.03. The van der Waals surface area contributed by atoms with Gasteiger partial charge in [0.1, 0.15) is 0 Å². The van der Waals surface area contributed by atoms with Crippen molar-refractivity contribution in [3.8, 4) is 11.5 Å². The standard InChI is InChI=1S/C19H22N2O5/c1-12(13-8-9-16(25-2)17(10-13)26-3)21-18(22)15-7-5-4-6-14(15)11-20-19(23)24/h4-10,12,20H,11H2,1-3H3,(H,21,22)(H,23,24)/t12-/m1/s1. The van der Waals surface area contributed by atoms with E-state index >= 15 is 0 Å². The molecule has 0 bridgehead atoms. The van der Waals surface area contributed by atoms with Crippen LogP contribution >= 0.6 is 0 Å². The van der Waals surface area contributed by atoms with Crippen molar-refractivity contribution in [2.45, 2.75) is 19.5 Å². The van der Waals surface area contributed by atoms with Gasteiger partial charge in [-0.05, 0) is 36.2 Å². The molecule has 0 aliphatic carbocycles. The minimum Gasteiger partial charge on any atom is -0.493 e. The molecule has 0 saturated heterocycles. The molecule has 0 aliphatic heterocycles. The van der Waals surface area contributed by atoms with E-state index in [0.717, 1.165) is 5.56 Å². The number of carbonyl (C=O) groups is 2. The Kier molecular flexibility index (Phi) is 6.43. The van der Waals surface area contributed by atoms with Gasteiger partial charge in [0.25, 0.3) is 5.91 Å². The van der Waals surface area contributed by atoms with E-state index in [2.05, 4.69) is 10.6 Å². The molecule has 0 aliphatic rings. The summed E-state index contributed by atoms with van der Waals surface area (Å²) in [5.74, 6) is 0.909. The molecule has 1 atom stereocenters. The zero-order valence-corrected chi connectivity index (χ0v) is 14.9. The maximum atomic E-state index is 12.6. The molecule has 0 fully saturated rings. The van der Waals surface area contributed by atoms with Crippen LogP contribution in [0.15, 0.2) is 42.5 Å². The fraction of sp³-hybridized carbons (Fsp3) is 0.263. The molecule has 0 heterocycles. The van der Waals surface area contributed by atoms with Crippen LogP contribution in [0.3, 0.4) is 0 Å². The topological polar surface area (TPSA) is 96.9 Å². The molecule has 0 radical (unpaired) electrons. The number of ether oxygens (including phenoxy) is 2. The van der Waals surface area contributed by atoms with Crippen molar-refractivity contribution in [3.05, 3.63) is 59.2 Å². The van der Waals surface area contributed by atoms with E-state index in [1.54, 1.807) is 44.6 Å². The van der Waals surface area contributed by atoms with Crippen molar-refractivity contribution in [2.75, 3.05) is 14.2 Å². The van der Waals surface area contributed by atoms with Crippen LogP contribution in [-0.2, 0) is 6.54 Å². The van der Waals surface area contributed by atoms with E-state index in [9.17, 15) is 9.59 Å². The molecule has 2 rings (SSSR count). The molecule has 0 aromatic heterocycles. The van der Waals surface area contributed by atoms with E-state index in [1.807, 2.05) is 19.1 Å². The number of nitrogens with one attached hydrogen (secondary N) is 2. The highest BCUT2D eigenvalue weighted by molar-refractivity contribution is 5.96. The minimum absolute atomic E-state index is 0.0592. The molecule has 0 saturated carbocycles. The third kappa shape index (κ3) is 4.66. The third-order valence-corrected chi connectivity index (χ3v) is 3.95. The second-order valence-corrected chi connectivity index (χ2v) is 5.63. The lowest BCUT2D eigenvalue weighted by molar-refractivity contribution is 0.0938. The summed E-state index contributed by atoms with van der Waals surface area (Å²) in [6.07, 6.45) is -1.14. The van der Waals surface area contributed by atoms with Crippen LogP contribution in [0.1, 0.15) is 34.5 Å². The summed E-state index contributed by atoms with van der Waals surface area (Å²) in [4.78, 5) is 23.3.